The lowest BCUT2D eigenvalue weighted by Crippen LogP contribution is -2.30. The Morgan fingerprint density at radius 3 is 2.61 bits per heavy atom. The molecule has 0 saturated carbocycles. The number of furan rings is 1. The van der Waals surface area contributed by atoms with E-state index in [1.807, 2.05) is 18.2 Å². The van der Waals surface area contributed by atoms with Crippen LogP contribution in [0.15, 0.2) is 80.9 Å². The van der Waals surface area contributed by atoms with Crippen LogP contribution in [0.4, 0.5) is 0 Å². The van der Waals surface area contributed by atoms with Gasteiger partial charge in [-0.15, -0.1) is 6.58 Å². The van der Waals surface area contributed by atoms with E-state index in [0.717, 1.165) is 5.56 Å². The molecule has 28 heavy (non-hydrogen) atoms. The molecule has 0 atom stereocenters. The minimum Gasteiger partial charge on any atom is -0.425 e. The van der Waals surface area contributed by atoms with E-state index in [1.165, 1.54) is 11.0 Å². The second kappa shape index (κ2) is 7.37. The molecule has 140 valence electrons. The Labute approximate surface area is 165 Å². The quantitative estimate of drug-likeness (QED) is 0.446. The lowest BCUT2D eigenvalue weighted by atomic mass is 10.2. The highest BCUT2D eigenvalue weighted by Gasteiger charge is 2.22. The van der Waals surface area contributed by atoms with Gasteiger partial charge in [-0.2, -0.15) is 0 Å². The molecule has 4 aromatic rings. The molecular formula is C22H16ClNO4. The molecule has 6 heteroatoms. The second-order valence-corrected chi connectivity index (χ2v) is 6.71. The van der Waals surface area contributed by atoms with Crippen molar-refractivity contribution in [2.24, 2.45) is 0 Å². The predicted molar refractivity (Wildman–Crippen MR) is 109 cm³/mol. The Balaban J connectivity index is 1.74. The Morgan fingerprint density at radius 1 is 1.07 bits per heavy atom. The normalized spacial score (nSPS) is 11.0. The number of hydrogen-bond acceptors (Lipinski definition) is 4. The molecule has 4 rings (SSSR count). The third-order valence-corrected chi connectivity index (χ3v) is 4.81. The highest BCUT2D eigenvalue weighted by atomic mass is 35.5. The summed E-state index contributed by atoms with van der Waals surface area (Å²) in [6, 6.07) is 15.6. The van der Waals surface area contributed by atoms with Gasteiger partial charge in [-0.25, -0.2) is 0 Å². The largest absolute Gasteiger partial charge is 0.425 e. The molecule has 0 fully saturated rings. The van der Waals surface area contributed by atoms with Gasteiger partial charge in [0.25, 0.3) is 5.91 Å². The fraction of sp³-hybridized carbons (Fsp3) is 0.0909. The van der Waals surface area contributed by atoms with Crippen LogP contribution in [0.5, 0.6) is 0 Å². The average Bonchev–Trinajstić information content (AvgIpc) is 3.13. The summed E-state index contributed by atoms with van der Waals surface area (Å²) >= 11 is 6.22. The molecule has 0 aliphatic rings. The number of amides is 1. The number of hydrogen-bond donors (Lipinski definition) is 0. The zero-order chi connectivity index (χ0) is 19.7. The van der Waals surface area contributed by atoms with Gasteiger partial charge in [0.1, 0.15) is 11.0 Å². The van der Waals surface area contributed by atoms with Crippen molar-refractivity contribution in [3.63, 3.8) is 0 Å². The van der Waals surface area contributed by atoms with Gasteiger partial charge < -0.3 is 13.7 Å². The van der Waals surface area contributed by atoms with Gasteiger partial charge in [0.2, 0.25) is 5.43 Å². The van der Waals surface area contributed by atoms with Crippen LogP contribution in [0.3, 0.4) is 0 Å². The molecule has 0 spiro atoms. The molecule has 2 aromatic heterocycles. The first kappa shape index (κ1) is 18.1. The van der Waals surface area contributed by atoms with Gasteiger partial charge in [-0.05, 0) is 23.8 Å². The zero-order valence-corrected chi connectivity index (χ0v) is 15.6. The average molecular weight is 394 g/mol. The van der Waals surface area contributed by atoms with Gasteiger partial charge in [0.15, 0.2) is 5.76 Å². The molecule has 1 amide bonds. The highest BCUT2D eigenvalue weighted by Crippen LogP contribution is 2.24. The molecular weight excluding hydrogens is 378 g/mol. The summed E-state index contributed by atoms with van der Waals surface area (Å²) in [5.74, 6) is -0.321. The number of benzene rings is 2. The summed E-state index contributed by atoms with van der Waals surface area (Å²) < 4.78 is 11.2. The minimum absolute atomic E-state index is 0.0278. The molecule has 0 saturated heterocycles. The van der Waals surface area contributed by atoms with E-state index in [-0.39, 0.29) is 34.8 Å². The maximum atomic E-state index is 13.0. The van der Waals surface area contributed by atoms with Gasteiger partial charge in [-0.3, -0.25) is 9.59 Å². The first-order chi connectivity index (χ1) is 13.6. The number of nitrogens with zero attached hydrogens (tertiary/aromatic N) is 1. The summed E-state index contributed by atoms with van der Waals surface area (Å²) in [6.07, 6.45) is 1.62. The maximum Gasteiger partial charge on any atom is 0.302 e. The summed E-state index contributed by atoms with van der Waals surface area (Å²) in [4.78, 5) is 27.2. The molecule has 0 aliphatic carbocycles. The Bertz CT molecular complexity index is 1250. The van der Waals surface area contributed by atoms with Crippen LogP contribution >= 0.6 is 11.6 Å². The minimum atomic E-state index is -0.380. The maximum absolute atomic E-state index is 13.0. The Morgan fingerprint density at radius 2 is 1.82 bits per heavy atom. The zero-order valence-electron chi connectivity index (χ0n) is 14.9. The fourth-order valence-electron chi connectivity index (χ4n) is 3.07. The van der Waals surface area contributed by atoms with Crippen LogP contribution < -0.4 is 5.43 Å². The van der Waals surface area contributed by atoms with E-state index in [9.17, 15) is 9.59 Å². The lowest BCUT2D eigenvalue weighted by molar-refractivity contribution is 0.0731. The molecule has 2 heterocycles. The summed E-state index contributed by atoms with van der Waals surface area (Å²) in [5, 5.41) is 1.24. The van der Waals surface area contributed by atoms with Crippen molar-refractivity contribution in [1.29, 1.82) is 0 Å². The number of carbonyl (C=O) groups excluding carboxylic acids is 1. The molecule has 5 nitrogen and oxygen atoms in total. The van der Waals surface area contributed by atoms with Crippen molar-refractivity contribution < 1.29 is 13.6 Å². The van der Waals surface area contributed by atoms with Gasteiger partial charge in [-0.1, -0.05) is 48.0 Å². The number of fused-ring (bicyclic) bond motifs is 2. The van der Waals surface area contributed by atoms with Crippen molar-refractivity contribution in [2.45, 2.75) is 6.54 Å². The van der Waals surface area contributed by atoms with Crippen LogP contribution in [0.25, 0.3) is 22.1 Å². The SMILES string of the molecule is C=CCN(Cc1ccccc1Cl)C(=O)c1cc2c(=O)c3ccccc3oc2o1. The molecule has 2 aromatic carbocycles. The Kier molecular flexibility index (Phi) is 4.75. The van der Waals surface area contributed by atoms with Crippen LogP contribution in [-0.2, 0) is 6.54 Å². The first-order valence-corrected chi connectivity index (χ1v) is 9.05. The number of halogens is 1. The summed E-state index contributed by atoms with van der Waals surface area (Å²) in [7, 11) is 0. The van der Waals surface area contributed by atoms with Crippen molar-refractivity contribution in [2.75, 3.05) is 6.54 Å². The van der Waals surface area contributed by atoms with Crippen LogP contribution in [0, 0.1) is 0 Å². The molecule has 0 N–H and O–H groups in total. The van der Waals surface area contributed by atoms with Crippen molar-refractivity contribution in [1.82, 2.24) is 4.90 Å². The number of rotatable bonds is 5. The van der Waals surface area contributed by atoms with E-state index >= 15 is 0 Å². The van der Waals surface area contributed by atoms with E-state index in [4.69, 9.17) is 20.4 Å². The lowest BCUT2D eigenvalue weighted by Gasteiger charge is -2.20. The molecule has 0 aliphatic heterocycles. The smallest absolute Gasteiger partial charge is 0.302 e. The van der Waals surface area contributed by atoms with E-state index in [0.29, 0.717) is 22.5 Å². The monoisotopic (exact) mass is 393 g/mol. The van der Waals surface area contributed by atoms with Crippen LogP contribution in [0.1, 0.15) is 16.1 Å². The molecule has 0 unspecified atom stereocenters. The van der Waals surface area contributed by atoms with E-state index < -0.39 is 0 Å². The predicted octanol–water partition coefficient (Wildman–Crippen LogP) is 5.02. The number of para-hydroxylation sites is 1. The summed E-state index contributed by atoms with van der Waals surface area (Å²) in [6.45, 7) is 4.29. The van der Waals surface area contributed by atoms with Gasteiger partial charge in [0, 0.05) is 24.2 Å². The van der Waals surface area contributed by atoms with Crippen molar-refractivity contribution in [3.8, 4) is 0 Å². The van der Waals surface area contributed by atoms with E-state index in [1.54, 1.807) is 36.4 Å². The van der Waals surface area contributed by atoms with E-state index in [2.05, 4.69) is 6.58 Å². The van der Waals surface area contributed by atoms with Crippen molar-refractivity contribution >= 4 is 39.6 Å². The number of carbonyl (C=O) groups is 1. The van der Waals surface area contributed by atoms with Crippen LogP contribution in [0.2, 0.25) is 5.02 Å². The van der Waals surface area contributed by atoms with Gasteiger partial charge in [0.05, 0.1) is 5.39 Å². The summed E-state index contributed by atoms with van der Waals surface area (Å²) in [5.41, 5.74) is 0.976. The third kappa shape index (κ3) is 3.21. The molecule has 0 radical (unpaired) electrons. The topological polar surface area (TPSA) is 63.7 Å². The highest BCUT2D eigenvalue weighted by molar-refractivity contribution is 6.31. The fourth-order valence-corrected chi connectivity index (χ4v) is 3.26. The standard InChI is InChI=1S/C22H16ClNO4/c1-2-11-24(13-14-7-3-5-9-17(14)23)21(26)19-12-16-20(25)15-8-4-6-10-18(15)27-22(16)28-19/h2-10,12H,1,11,13H2. The third-order valence-electron chi connectivity index (χ3n) is 4.44. The Hall–Kier alpha value is -3.31. The molecule has 0 bridgehead atoms. The van der Waals surface area contributed by atoms with Crippen LogP contribution in [-0.4, -0.2) is 17.4 Å². The second-order valence-electron chi connectivity index (χ2n) is 6.30. The van der Waals surface area contributed by atoms with Crippen molar-refractivity contribution in [3.05, 3.63) is 93.8 Å². The van der Waals surface area contributed by atoms with Gasteiger partial charge >= 0.3 is 5.78 Å². The first-order valence-electron chi connectivity index (χ1n) is 8.67.